The molecule has 2 rings (SSSR count). The fourth-order valence-corrected chi connectivity index (χ4v) is 4.74. The van der Waals surface area contributed by atoms with Crippen LogP contribution in [0.4, 0.5) is 0 Å². The van der Waals surface area contributed by atoms with Gasteiger partial charge in [-0.2, -0.15) is 11.8 Å². The van der Waals surface area contributed by atoms with Crippen LogP contribution < -0.4 is 5.32 Å². The van der Waals surface area contributed by atoms with Gasteiger partial charge < -0.3 is 5.32 Å². The molecule has 0 aromatic rings. The molecule has 17 heavy (non-hydrogen) atoms. The first-order chi connectivity index (χ1) is 8.12. The molecule has 2 heterocycles. The summed E-state index contributed by atoms with van der Waals surface area (Å²) in [5.41, 5.74) is 0.531. The van der Waals surface area contributed by atoms with Gasteiger partial charge in [-0.15, -0.1) is 0 Å². The van der Waals surface area contributed by atoms with Crippen LogP contribution in [-0.2, 0) is 0 Å². The van der Waals surface area contributed by atoms with Crippen molar-refractivity contribution in [1.82, 2.24) is 10.2 Å². The zero-order valence-corrected chi connectivity index (χ0v) is 12.5. The molecule has 100 valence electrons. The minimum absolute atomic E-state index is 0.531. The highest BCUT2D eigenvalue weighted by molar-refractivity contribution is 7.99. The van der Waals surface area contributed by atoms with Crippen molar-refractivity contribution in [3.8, 4) is 0 Å². The Bertz CT molecular complexity index is 236. The maximum Gasteiger partial charge on any atom is 0.0224 e. The van der Waals surface area contributed by atoms with Gasteiger partial charge in [0.2, 0.25) is 0 Å². The molecule has 2 nitrogen and oxygen atoms in total. The van der Waals surface area contributed by atoms with E-state index in [4.69, 9.17) is 0 Å². The fourth-order valence-electron chi connectivity index (χ4n) is 3.37. The number of rotatable bonds is 3. The van der Waals surface area contributed by atoms with E-state index in [0.29, 0.717) is 5.41 Å². The van der Waals surface area contributed by atoms with E-state index in [9.17, 15) is 0 Å². The van der Waals surface area contributed by atoms with Crippen molar-refractivity contribution in [3.05, 3.63) is 0 Å². The highest BCUT2D eigenvalue weighted by Gasteiger charge is 2.34. The SMILES string of the molecule is CCN(C1CCCNC1)C1CSCC(C)(C)C1. The summed E-state index contributed by atoms with van der Waals surface area (Å²) in [5.74, 6) is 2.68. The van der Waals surface area contributed by atoms with Crippen LogP contribution in [0.3, 0.4) is 0 Å². The van der Waals surface area contributed by atoms with Gasteiger partial charge in [0.25, 0.3) is 0 Å². The van der Waals surface area contributed by atoms with E-state index in [1.165, 1.54) is 50.4 Å². The second-order valence-electron chi connectivity index (χ2n) is 6.37. The highest BCUT2D eigenvalue weighted by Crippen LogP contribution is 2.36. The molecule has 0 aromatic carbocycles. The number of hydrogen-bond donors (Lipinski definition) is 1. The second kappa shape index (κ2) is 5.94. The number of likely N-dealkylation sites (N-methyl/N-ethyl adjacent to an activating group) is 1. The maximum atomic E-state index is 3.56. The Hall–Kier alpha value is 0.270. The number of hydrogen-bond acceptors (Lipinski definition) is 3. The minimum atomic E-state index is 0.531. The highest BCUT2D eigenvalue weighted by atomic mass is 32.2. The van der Waals surface area contributed by atoms with Crippen molar-refractivity contribution in [2.75, 3.05) is 31.1 Å². The molecule has 0 aliphatic carbocycles. The van der Waals surface area contributed by atoms with Gasteiger partial charge in [-0.25, -0.2) is 0 Å². The van der Waals surface area contributed by atoms with Gasteiger partial charge in [-0.1, -0.05) is 20.8 Å². The Morgan fingerprint density at radius 2 is 2.18 bits per heavy atom. The van der Waals surface area contributed by atoms with Crippen LogP contribution in [0.1, 0.15) is 40.0 Å². The normalized spacial score (nSPS) is 33.9. The van der Waals surface area contributed by atoms with E-state index in [2.05, 4.69) is 42.7 Å². The monoisotopic (exact) mass is 256 g/mol. The van der Waals surface area contributed by atoms with E-state index in [1.54, 1.807) is 0 Å². The van der Waals surface area contributed by atoms with Crippen LogP contribution in [-0.4, -0.2) is 48.1 Å². The van der Waals surface area contributed by atoms with Crippen molar-refractivity contribution in [2.24, 2.45) is 5.41 Å². The van der Waals surface area contributed by atoms with E-state index in [-0.39, 0.29) is 0 Å². The molecule has 0 amide bonds. The average Bonchev–Trinajstić information content (AvgIpc) is 2.30. The smallest absolute Gasteiger partial charge is 0.0224 e. The summed E-state index contributed by atoms with van der Waals surface area (Å²) in [6.07, 6.45) is 4.12. The zero-order valence-electron chi connectivity index (χ0n) is 11.7. The standard InChI is InChI=1S/C14H28N2S/c1-4-16(12-6-5-7-15-9-12)13-8-14(2,3)11-17-10-13/h12-13,15H,4-11H2,1-3H3. The van der Waals surface area contributed by atoms with Gasteiger partial charge in [0.15, 0.2) is 0 Å². The van der Waals surface area contributed by atoms with Crippen LogP contribution in [0, 0.1) is 5.41 Å². The second-order valence-corrected chi connectivity index (χ2v) is 7.40. The predicted octanol–water partition coefficient (Wildman–Crippen LogP) is 2.59. The van der Waals surface area contributed by atoms with E-state index < -0.39 is 0 Å². The molecule has 2 atom stereocenters. The Labute approximate surface area is 111 Å². The van der Waals surface area contributed by atoms with Gasteiger partial charge in [0.1, 0.15) is 0 Å². The van der Waals surface area contributed by atoms with Gasteiger partial charge in [0.05, 0.1) is 0 Å². The summed E-state index contributed by atoms with van der Waals surface area (Å²) < 4.78 is 0. The first-order valence-corrected chi connectivity index (χ1v) is 8.32. The third-order valence-corrected chi connectivity index (χ3v) is 5.77. The van der Waals surface area contributed by atoms with Gasteiger partial charge in [0, 0.05) is 24.4 Å². The summed E-state index contributed by atoms with van der Waals surface area (Å²) in [4.78, 5) is 2.78. The largest absolute Gasteiger partial charge is 0.315 e. The lowest BCUT2D eigenvalue weighted by molar-refractivity contribution is 0.1000. The molecular weight excluding hydrogens is 228 g/mol. The summed E-state index contributed by atoms with van der Waals surface area (Å²) in [5, 5.41) is 3.56. The first kappa shape index (κ1) is 13.7. The van der Waals surface area contributed by atoms with E-state index >= 15 is 0 Å². The molecule has 0 aromatic heterocycles. The van der Waals surface area contributed by atoms with Gasteiger partial charge in [-0.3, -0.25) is 4.90 Å². The van der Waals surface area contributed by atoms with Crippen LogP contribution in [0.5, 0.6) is 0 Å². The topological polar surface area (TPSA) is 15.3 Å². The predicted molar refractivity (Wildman–Crippen MR) is 77.8 cm³/mol. The quantitative estimate of drug-likeness (QED) is 0.835. The maximum absolute atomic E-state index is 3.56. The Balaban J connectivity index is 1.96. The average molecular weight is 256 g/mol. The number of piperidine rings is 1. The molecule has 0 saturated carbocycles. The Kier molecular flexibility index (Phi) is 4.79. The Morgan fingerprint density at radius 3 is 2.76 bits per heavy atom. The molecule has 1 N–H and O–H groups in total. The lowest BCUT2D eigenvalue weighted by Crippen LogP contribution is -2.53. The van der Waals surface area contributed by atoms with Crippen molar-refractivity contribution in [3.63, 3.8) is 0 Å². The third kappa shape index (κ3) is 3.62. The zero-order chi connectivity index (χ0) is 12.3. The van der Waals surface area contributed by atoms with Crippen molar-refractivity contribution < 1.29 is 0 Å². The van der Waals surface area contributed by atoms with Crippen LogP contribution in [0.25, 0.3) is 0 Å². The van der Waals surface area contributed by atoms with Crippen LogP contribution in [0.2, 0.25) is 0 Å². The summed E-state index contributed by atoms with van der Waals surface area (Å²) in [7, 11) is 0. The summed E-state index contributed by atoms with van der Waals surface area (Å²) >= 11 is 2.16. The molecule has 2 aliphatic rings. The van der Waals surface area contributed by atoms with Gasteiger partial charge >= 0.3 is 0 Å². The van der Waals surface area contributed by atoms with Crippen LogP contribution in [0.15, 0.2) is 0 Å². The molecule has 2 unspecified atom stereocenters. The molecule has 2 fully saturated rings. The number of thioether (sulfide) groups is 1. The lowest BCUT2D eigenvalue weighted by atomic mass is 9.86. The fraction of sp³-hybridized carbons (Fsp3) is 1.00. The van der Waals surface area contributed by atoms with Crippen molar-refractivity contribution in [1.29, 1.82) is 0 Å². The molecule has 0 spiro atoms. The van der Waals surface area contributed by atoms with Gasteiger partial charge in [-0.05, 0) is 43.5 Å². The van der Waals surface area contributed by atoms with Crippen molar-refractivity contribution >= 4 is 11.8 Å². The number of nitrogens with one attached hydrogen (secondary N) is 1. The number of nitrogens with zero attached hydrogens (tertiary/aromatic N) is 1. The first-order valence-electron chi connectivity index (χ1n) is 7.16. The molecule has 0 radical (unpaired) electrons. The third-order valence-electron chi connectivity index (χ3n) is 4.17. The molecule has 2 saturated heterocycles. The minimum Gasteiger partial charge on any atom is -0.315 e. The van der Waals surface area contributed by atoms with Crippen LogP contribution >= 0.6 is 11.8 Å². The van der Waals surface area contributed by atoms with E-state index in [1.807, 2.05) is 0 Å². The molecule has 2 aliphatic heterocycles. The van der Waals surface area contributed by atoms with Crippen molar-refractivity contribution in [2.45, 2.75) is 52.1 Å². The Morgan fingerprint density at radius 1 is 1.35 bits per heavy atom. The summed E-state index contributed by atoms with van der Waals surface area (Å²) in [6, 6.07) is 1.59. The molecular formula is C14H28N2S. The summed E-state index contributed by atoms with van der Waals surface area (Å²) in [6.45, 7) is 10.8. The van der Waals surface area contributed by atoms with E-state index in [0.717, 1.165) is 12.1 Å². The molecule has 3 heteroatoms. The lowest BCUT2D eigenvalue weighted by Gasteiger charge is -2.45. The molecule has 0 bridgehead atoms.